The molecule has 1 N–H and O–H groups in total. The number of rotatable bonds is 8. The summed E-state index contributed by atoms with van der Waals surface area (Å²) in [4.78, 5) is -0.217. The summed E-state index contributed by atoms with van der Waals surface area (Å²) in [5, 5.41) is 4.43. The van der Waals surface area contributed by atoms with Crippen LogP contribution in [-0.4, -0.2) is 39.8 Å². The van der Waals surface area contributed by atoms with Gasteiger partial charge in [-0.3, -0.25) is 4.72 Å². The number of hydrogen-bond donors (Lipinski definition) is 1. The van der Waals surface area contributed by atoms with Crippen LogP contribution >= 0.6 is 0 Å². The fourth-order valence-corrected chi connectivity index (χ4v) is 5.80. The summed E-state index contributed by atoms with van der Waals surface area (Å²) in [6.07, 6.45) is 0.227. The zero-order valence-electron chi connectivity index (χ0n) is 19.0. The first-order chi connectivity index (χ1) is 16.6. The number of hydrogen-bond acceptors (Lipinski definition) is 6. The summed E-state index contributed by atoms with van der Waals surface area (Å²) >= 11 is 0. The molecule has 1 aliphatic heterocycles. The third kappa shape index (κ3) is 5.30. The van der Waals surface area contributed by atoms with E-state index < -0.39 is 31.9 Å². The first-order valence-electron chi connectivity index (χ1n) is 10.8. The average molecular weight is 518 g/mol. The highest BCUT2D eigenvalue weighted by atomic mass is 32.2. The van der Waals surface area contributed by atoms with Gasteiger partial charge in [0.25, 0.3) is 10.0 Å². The van der Waals surface area contributed by atoms with E-state index >= 15 is 0 Å². The van der Waals surface area contributed by atoms with Crippen molar-refractivity contribution in [3.8, 4) is 5.75 Å². The number of halogens is 1. The highest BCUT2D eigenvalue weighted by Gasteiger charge is 2.38. The zero-order valence-corrected chi connectivity index (χ0v) is 20.7. The topological polar surface area (TPSA) is 105 Å². The number of benzene rings is 3. The molecule has 0 unspecified atom stereocenters. The smallest absolute Gasteiger partial charge is 0.279 e. The lowest BCUT2D eigenvalue weighted by atomic mass is 9.99. The van der Waals surface area contributed by atoms with Crippen LogP contribution in [0.1, 0.15) is 30.5 Å². The maximum absolute atomic E-state index is 13.8. The van der Waals surface area contributed by atoms with Gasteiger partial charge in [0.1, 0.15) is 11.6 Å². The Bertz CT molecular complexity index is 1470. The van der Waals surface area contributed by atoms with Gasteiger partial charge in [-0.05, 0) is 60.5 Å². The Labute approximate surface area is 204 Å². The molecule has 0 fully saturated rings. The SMILES string of the molecule is CCS(=O)(=O)Nc1cccc(C2=NN(S(=O)(=O)c3cccc(F)c3)[C@H](c3ccc(OC)cc3)C2)c1. The summed E-state index contributed by atoms with van der Waals surface area (Å²) < 4.78 is 73.5. The van der Waals surface area contributed by atoms with Crippen molar-refractivity contribution >= 4 is 31.4 Å². The second-order valence-corrected chi connectivity index (χ2v) is 11.7. The Morgan fingerprint density at radius 1 is 1.03 bits per heavy atom. The normalized spacial score (nSPS) is 16.1. The van der Waals surface area contributed by atoms with Crippen molar-refractivity contribution in [3.63, 3.8) is 0 Å². The monoisotopic (exact) mass is 517 g/mol. The maximum atomic E-state index is 13.8. The van der Waals surface area contributed by atoms with Gasteiger partial charge in [-0.15, -0.1) is 0 Å². The third-order valence-corrected chi connectivity index (χ3v) is 8.55. The minimum Gasteiger partial charge on any atom is -0.497 e. The van der Waals surface area contributed by atoms with E-state index in [2.05, 4.69) is 9.82 Å². The van der Waals surface area contributed by atoms with E-state index in [1.807, 2.05) is 0 Å². The predicted octanol–water partition coefficient (Wildman–Crippen LogP) is 4.14. The van der Waals surface area contributed by atoms with Crippen molar-refractivity contribution in [2.45, 2.75) is 24.3 Å². The van der Waals surface area contributed by atoms with Crippen molar-refractivity contribution in [2.75, 3.05) is 17.6 Å². The zero-order chi connectivity index (χ0) is 25.2. The molecule has 3 aromatic carbocycles. The summed E-state index contributed by atoms with van der Waals surface area (Å²) in [5.74, 6) is -0.146. The molecule has 0 radical (unpaired) electrons. The molecule has 0 amide bonds. The lowest BCUT2D eigenvalue weighted by Gasteiger charge is -2.23. The van der Waals surface area contributed by atoms with Crippen LogP contribution in [0.4, 0.5) is 10.1 Å². The van der Waals surface area contributed by atoms with Crippen LogP contribution in [0.3, 0.4) is 0 Å². The largest absolute Gasteiger partial charge is 0.497 e. The Hall–Kier alpha value is -3.44. The molecule has 1 aliphatic rings. The average Bonchev–Trinajstić information content (AvgIpc) is 3.31. The summed E-state index contributed by atoms with van der Waals surface area (Å²) in [5.41, 5.74) is 2.03. The molecule has 1 heterocycles. The van der Waals surface area contributed by atoms with Gasteiger partial charge in [-0.25, -0.2) is 12.8 Å². The Morgan fingerprint density at radius 3 is 2.40 bits per heavy atom. The lowest BCUT2D eigenvalue weighted by molar-refractivity contribution is 0.370. The van der Waals surface area contributed by atoms with E-state index in [-0.39, 0.29) is 17.1 Å². The summed E-state index contributed by atoms with van der Waals surface area (Å²) in [6.45, 7) is 1.53. The number of sulfonamides is 2. The van der Waals surface area contributed by atoms with Gasteiger partial charge in [0, 0.05) is 12.1 Å². The third-order valence-electron chi connectivity index (χ3n) is 5.56. The molecule has 35 heavy (non-hydrogen) atoms. The van der Waals surface area contributed by atoms with E-state index in [0.717, 1.165) is 10.5 Å². The molecule has 0 saturated carbocycles. The number of anilines is 1. The second kappa shape index (κ2) is 9.67. The number of hydrazone groups is 1. The maximum Gasteiger partial charge on any atom is 0.279 e. The van der Waals surface area contributed by atoms with Gasteiger partial charge >= 0.3 is 0 Å². The quantitative estimate of drug-likeness (QED) is 0.484. The lowest BCUT2D eigenvalue weighted by Crippen LogP contribution is -2.27. The van der Waals surface area contributed by atoms with Gasteiger partial charge in [0.2, 0.25) is 10.0 Å². The standard InChI is InChI=1S/C24H24FN3O5S2/c1-3-34(29,30)27-20-8-4-6-18(14-20)23-16-24(17-10-12-21(33-2)13-11-17)28(26-23)35(31,32)22-9-5-7-19(25)15-22/h4-15,24,27H,3,16H2,1-2H3/t24-/m0/s1. The first kappa shape index (κ1) is 24.7. The molecule has 11 heteroatoms. The van der Waals surface area contributed by atoms with Crippen LogP contribution < -0.4 is 9.46 Å². The van der Waals surface area contributed by atoms with Gasteiger partial charge in [0.05, 0.1) is 29.5 Å². The van der Waals surface area contributed by atoms with E-state index in [9.17, 15) is 21.2 Å². The number of nitrogens with zero attached hydrogens (tertiary/aromatic N) is 2. The van der Waals surface area contributed by atoms with Crippen molar-refractivity contribution < 1.29 is 26.0 Å². The molecule has 184 valence electrons. The van der Waals surface area contributed by atoms with Gasteiger partial charge < -0.3 is 4.74 Å². The highest BCUT2D eigenvalue weighted by Crippen LogP contribution is 2.38. The first-order valence-corrected chi connectivity index (χ1v) is 13.8. The minimum atomic E-state index is -4.19. The van der Waals surface area contributed by atoms with E-state index in [1.54, 1.807) is 48.5 Å². The van der Waals surface area contributed by atoms with Crippen LogP contribution in [0.2, 0.25) is 0 Å². The molecule has 0 spiro atoms. The van der Waals surface area contributed by atoms with Crippen LogP contribution in [0.15, 0.2) is 82.8 Å². The van der Waals surface area contributed by atoms with Crippen LogP contribution in [0.5, 0.6) is 5.75 Å². The van der Waals surface area contributed by atoms with Crippen LogP contribution in [0.25, 0.3) is 0 Å². The molecule has 0 aliphatic carbocycles. The molecule has 0 saturated heterocycles. The molecular formula is C24H24FN3O5S2. The number of nitrogens with one attached hydrogen (secondary N) is 1. The van der Waals surface area contributed by atoms with Gasteiger partial charge in [-0.1, -0.05) is 30.3 Å². The van der Waals surface area contributed by atoms with Crippen molar-refractivity contribution in [2.24, 2.45) is 5.10 Å². The fraction of sp³-hybridized carbons (Fsp3) is 0.208. The van der Waals surface area contributed by atoms with Crippen molar-refractivity contribution in [1.29, 1.82) is 0 Å². The predicted molar refractivity (Wildman–Crippen MR) is 132 cm³/mol. The molecule has 0 aromatic heterocycles. The Kier molecular flexibility index (Phi) is 6.82. The number of ether oxygens (including phenoxy) is 1. The molecule has 3 aromatic rings. The molecular weight excluding hydrogens is 493 g/mol. The Balaban J connectivity index is 1.77. The van der Waals surface area contributed by atoms with Gasteiger partial charge in [0.15, 0.2) is 0 Å². The highest BCUT2D eigenvalue weighted by molar-refractivity contribution is 7.92. The van der Waals surface area contributed by atoms with Crippen LogP contribution in [-0.2, 0) is 20.0 Å². The van der Waals surface area contributed by atoms with E-state index in [1.165, 1.54) is 32.2 Å². The van der Waals surface area contributed by atoms with E-state index in [4.69, 9.17) is 4.74 Å². The summed E-state index contributed by atoms with van der Waals surface area (Å²) in [6, 6.07) is 17.6. The molecule has 4 rings (SSSR count). The molecule has 0 bridgehead atoms. The minimum absolute atomic E-state index is 0.0859. The fourth-order valence-electron chi connectivity index (χ4n) is 3.71. The number of methoxy groups -OCH3 is 1. The molecule has 8 nitrogen and oxygen atoms in total. The van der Waals surface area contributed by atoms with Crippen molar-refractivity contribution in [1.82, 2.24) is 4.41 Å². The molecule has 1 atom stereocenters. The van der Waals surface area contributed by atoms with E-state index in [0.29, 0.717) is 28.3 Å². The van der Waals surface area contributed by atoms with Gasteiger partial charge in [-0.2, -0.15) is 17.9 Å². The summed E-state index contributed by atoms with van der Waals surface area (Å²) in [7, 11) is -6.15. The second-order valence-electron chi connectivity index (χ2n) is 7.86. The van der Waals surface area contributed by atoms with Crippen molar-refractivity contribution in [3.05, 3.63) is 89.7 Å². The Morgan fingerprint density at radius 2 is 1.74 bits per heavy atom. The van der Waals surface area contributed by atoms with Crippen LogP contribution in [0, 0.1) is 5.82 Å².